The largest absolute Gasteiger partial charge is 0.490 e. The third kappa shape index (κ3) is 3.52. The molecule has 0 aromatic heterocycles. The highest BCUT2D eigenvalue weighted by Gasteiger charge is 2.33. The smallest absolute Gasteiger partial charge is 0.161 e. The van der Waals surface area contributed by atoms with E-state index in [1.807, 2.05) is 0 Å². The van der Waals surface area contributed by atoms with Gasteiger partial charge in [-0.05, 0) is 69.7 Å². The van der Waals surface area contributed by atoms with Crippen molar-refractivity contribution in [2.75, 3.05) is 19.8 Å². The van der Waals surface area contributed by atoms with Crippen LogP contribution in [-0.4, -0.2) is 25.3 Å². The van der Waals surface area contributed by atoms with Crippen LogP contribution >= 0.6 is 0 Å². The molecule has 3 rings (SSSR count). The second-order valence-corrected chi connectivity index (χ2v) is 7.33. The van der Waals surface area contributed by atoms with Crippen LogP contribution < -0.4 is 14.8 Å². The maximum atomic E-state index is 5.82. The lowest BCUT2D eigenvalue weighted by atomic mass is 9.69. The highest BCUT2D eigenvalue weighted by Crippen LogP contribution is 2.44. The molecule has 1 aromatic carbocycles. The van der Waals surface area contributed by atoms with Crippen molar-refractivity contribution >= 4 is 0 Å². The Balaban J connectivity index is 1.68. The van der Waals surface area contributed by atoms with Crippen molar-refractivity contribution in [3.8, 4) is 11.5 Å². The van der Waals surface area contributed by atoms with Gasteiger partial charge in [0, 0.05) is 12.0 Å². The van der Waals surface area contributed by atoms with Crippen LogP contribution in [0, 0.1) is 5.92 Å². The molecule has 1 aromatic rings. The van der Waals surface area contributed by atoms with E-state index in [1.54, 1.807) is 0 Å². The molecule has 2 unspecified atom stereocenters. The van der Waals surface area contributed by atoms with E-state index >= 15 is 0 Å². The SMILES string of the molecule is CC(C)(C)NCC1CCC1c1ccc2c(c1)OCCCO2. The lowest BCUT2D eigenvalue weighted by molar-refractivity contribution is 0.225. The zero-order valence-electron chi connectivity index (χ0n) is 13.4. The zero-order valence-corrected chi connectivity index (χ0v) is 13.4. The summed E-state index contributed by atoms with van der Waals surface area (Å²) < 4.78 is 11.5. The van der Waals surface area contributed by atoms with Crippen LogP contribution in [0.5, 0.6) is 11.5 Å². The van der Waals surface area contributed by atoms with Gasteiger partial charge in [0.2, 0.25) is 0 Å². The van der Waals surface area contributed by atoms with Gasteiger partial charge in [0.05, 0.1) is 13.2 Å². The van der Waals surface area contributed by atoms with Crippen molar-refractivity contribution < 1.29 is 9.47 Å². The summed E-state index contributed by atoms with van der Waals surface area (Å²) in [5.74, 6) is 3.24. The number of nitrogens with one attached hydrogen (secondary N) is 1. The fourth-order valence-electron chi connectivity index (χ4n) is 3.10. The van der Waals surface area contributed by atoms with Gasteiger partial charge < -0.3 is 14.8 Å². The maximum Gasteiger partial charge on any atom is 0.161 e. The molecule has 3 heteroatoms. The second-order valence-electron chi connectivity index (χ2n) is 7.33. The van der Waals surface area contributed by atoms with Gasteiger partial charge in [-0.25, -0.2) is 0 Å². The number of rotatable bonds is 3. The molecule has 0 spiro atoms. The van der Waals surface area contributed by atoms with Crippen LogP contribution in [0.2, 0.25) is 0 Å². The van der Waals surface area contributed by atoms with E-state index in [4.69, 9.17) is 9.47 Å². The molecule has 0 saturated heterocycles. The Kier molecular flexibility index (Phi) is 4.12. The molecule has 3 nitrogen and oxygen atoms in total. The normalized spacial score (nSPS) is 25.1. The van der Waals surface area contributed by atoms with Gasteiger partial charge in [-0.1, -0.05) is 6.07 Å². The fraction of sp³-hybridized carbons (Fsp3) is 0.667. The minimum absolute atomic E-state index is 0.199. The average Bonchev–Trinajstić information content (AvgIpc) is 2.61. The number of ether oxygens (including phenoxy) is 2. The van der Waals surface area contributed by atoms with E-state index in [9.17, 15) is 0 Å². The molecule has 0 radical (unpaired) electrons. The van der Waals surface area contributed by atoms with Crippen molar-refractivity contribution in [3.05, 3.63) is 23.8 Å². The Morgan fingerprint density at radius 1 is 1.10 bits per heavy atom. The van der Waals surface area contributed by atoms with Gasteiger partial charge in [0.15, 0.2) is 11.5 Å². The third-order valence-electron chi connectivity index (χ3n) is 4.51. The Labute approximate surface area is 128 Å². The summed E-state index contributed by atoms with van der Waals surface area (Å²) in [6.45, 7) is 9.31. The average molecular weight is 289 g/mol. The van der Waals surface area contributed by atoms with E-state index in [0.717, 1.165) is 43.6 Å². The quantitative estimate of drug-likeness (QED) is 0.919. The summed E-state index contributed by atoms with van der Waals surface area (Å²) in [6.07, 6.45) is 3.57. The molecule has 0 amide bonds. The predicted octanol–water partition coefficient (Wildman–Crippen LogP) is 3.73. The third-order valence-corrected chi connectivity index (χ3v) is 4.51. The Morgan fingerprint density at radius 3 is 2.52 bits per heavy atom. The van der Waals surface area contributed by atoms with Crippen molar-refractivity contribution in [3.63, 3.8) is 0 Å². The van der Waals surface area contributed by atoms with E-state index < -0.39 is 0 Å². The van der Waals surface area contributed by atoms with Crippen LogP contribution in [0.15, 0.2) is 18.2 Å². The summed E-state index contributed by atoms with van der Waals surface area (Å²) in [5.41, 5.74) is 1.61. The molecule has 1 fully saturated rings. The van der Waals surface area contributed by atoms with Crippen molar-refractivity contribution in [1.29, 1.82) is 0 Å². The van der Waals surface area contributed by atoms with Crippen molar-refractivity contribution in [2.45, 2.75) is 51.5 Å². The van der Waals surface area contributed by atoms with Crippen molar-refractivity contribution in [1.82, 2.24) is 5.32 Å². The summed E-state index contributed by atoms with van der Waals surface area (Å²) in [6, 6.07) is 6.51. The van der Waals surface area contributed by atoms with E-state index in [1.165, 1.54) is 18.4 Å². The summed E-state index contributed by atoms with van der Waals surface area (Å²) in [7, 11) is 0. The van der Waals surface area contributed by atoms with Crippen LogP contribution in [-0.2, 0) is 0 Å². The van der Waals surface area contributed by atoms with Gasteiger partial charge in [0.25, 0.3) is 0 Å². The van der Waals surface area contributed by atoms with Crippen LogP contribution in [0.25, 0.3) is 0 Å². The standard InChI is InChI=1S/C18H27NO2/c1-18(2,3)19-12-14-5-7-15(14)13-6-8-16-17(11-13)21-10-4-9-20-16/h6,8,11,14-15,19H,4-5,7,9-10,12H2,1-3H3. The number of hydrogen-bond acceptors (Lipinski definition) is 3. The van der Waals surface area contributed by atoms with Gasteiger partial charge >= 0.3 is 0 Å². The molecule has 2 aliphatic rings. The molecule has 21 heavy (non-hydrogen) atoms. The summed E-state index contributed by atoms with van der Waals surface area (Å²) in [5, 5.41) is 3.64. The fourth-order valence-corrected chi connectivity index (χ4v) is 3.10. The Hall–Kier alpha value is -1.22. The topological polar surface area (TPSA) is 30.5 Å². The van der Waals surface area contributed by atoms with Crippen molar-refractivity contribution in [2.24, 2.45) is 5.92 Å². The molecule has 0 bridgehead atoms. The molecule has 1 aliphatic heterocycles. The van der Waals surface area contributed by atoms with Crippen LogP contribution in [0.3, 0.4) is 0 Å². The molecule has 1 saturated carbocycles. The second kappa shape index (κ2) is 5.88. The number of hydrogen-bond donors (Lipinski definition) is 1. The molecule has 1 aliphatic carbocycles. The molecule has 1 N–H and O–H groups in total. The van der Waals surface area contributed by atoms with Crippen LogP contribution in [0.4, 0.5) is 0 Å². The van der Waals surface area contributed by atoms with E-state index in [-0.39, 0.29) is 5.54 Å². The Morgan fingerprint density at radius 2 is 1.86 bits per heavy atom. The molecule has 2 atom stereocenters. The summed E-state index contributed by atoms with van der Waals surface area (Å²) >= 11 is 0. The highest BCUT2D eigenvalue weighted by molar-refractivity contribution is 5.45. The zero-order chi connectivity index (χ0) is 14.9. The van der Waals surface area contributed by atoms with Gasteiger partial charge in [-0.15, -0.1) is 0 Å². The summed E-state index contributed by atoms with van der Waals surface area (Å²) in [4.78, 5) is 0. The lowest BCUT2D eigenvalue weighted by Gasteiger charge is -2.39. The Bertz CT molecular complexity index is 492. The maximum absolute atomic E-state index is 5.82. The number of fused-ring (bicyclic) bond motifs is 1. The molecular formula is C18H27NO2. The first-order valence-electron chi connectivity index (χ1n) is 8.17. The molecular weight excluding hydrogens is 262 g/mol. The molecule has 1 heterocycles. The minimum atomic E-state index is 0.199. The first-order chi connectivity index (χ1) is 10.0. The number of benzene rings is 1. The highest BCUT2D eigenvalue weighted by atomic mass is 16.5. The minimum Gasteiger partial charge on any atom is -0.490 e. The molecule has 116 valence electrons. The first-order valence-corrected chi connectivity index (χ1v) is 8.17. The van der Waals surface area contributed by atoms with E-state index in [2.05, 4.69) is 44.3 Å². The van der Waals surface area contributed by atoms with Crippen LogP contribution in [0.1, 0.15) is 51.5 Å². The van der Waals surface area contributed by atoms with Gasteiger partial charge in [-0.3, -0.25) is 0 Å². The van der Waals surface area contributed by atoms with Gasteiger partial charge in [0.1, 0.15) is 0 Å². The lowest BCUT2D eigenvalue weighted by Crippen LogP contribution is -2.42. The monoisotopic (exact) mass is 289 g/mol. The first kappa shape index (κ1) is 14.7. The predicted molar refractivity (Wildman–Crippen MR) is 85.3 cm³/mol. The van der Waals surface area contributed by atoms with E-state index in [0.29, 0.717) is 5.92 Å². The van der Waals surface area contributed by atoms with Gasteiger partial charge in [-0.2, -0.15) is 0 Å².